The second kappa shape index (κ2) is 1.25. The van der Waals surface area contributed by atoms with Gasteiger partial charge >= 0.3 is 0 Å². The van der Waals surface area contributed by atoms with Crippen LogP contribution in [0.4, 0.5) is 0 Å². The van der Waals surface area contributed by atoms with Crippen molar-refractivity contribution in [2.45, 2.75) is 0 Å². The van der Waals surface area contributed by atoms with Crippen molar-refractivity contribution in [3.8, 4) is 0 Å². The Labute approximate surface area is 48.0 Å². The third-order valence-electron chi connectivity index (χ3n) is 1.39. The van der Waals surface area contributed by atoms with Crippen molar-refractivity contribution < 1.29 is 4.74 Å². The number of fused-ring (bicyclic) bond motifs is 1. The Morgan fingerprint density at radius 2 is 2.50 bits per heavy atom. The SMILES string of the molecule is C1=CC2=COCC2=C1. The monoisotopic (exact) mass is 106 g/mol. The zero-order valence-electron chi connectivity index (χ0n) is 4.42. The lowest BCUT2D eigenvalue weighted by Gasteiger charge is -1.86. The van der Waals surface area contributed by atoms with Crippen LogP contribution in [0.1, 0.15) is 0 Å². The zero-order valence-corrected chi connectivity index (χ0v) is 4.42. The Balaban J connectivity index is 2.49. The van der Waals surface area contributed by atoms with Gasteiger partial charge in [0, 0.05) is 5.57 Å². The van der Waals surface area contributed by atoms with E-state index in [1.165, 1.54) is 11.1 Å². The molecular weight excluding hydrogens is 100 g/mol. The lowest BCUT2D eigenvalue weighted by Crippen LogP contribution is -1.80. The van der Waals surface area contributed by atoms with Gasteiger partial charge < -0.3 is 4.74 Å². The molecule has 0 N–H and O–H groups in total. The Hall–Kier alpha value is -0.980. The fourth-order valence-corrected chi connectivity index (χ4v) is 0.939. The molecule has 0 atom stereocenters. The van der Waals surface area contributed by atoms with Gasteiger partial charge in [-0.1, -0.05) is 18.2 Å². The molecule has 1 aliphatic carbocycles. The first-order valence-corrected chi connectivity index (χ1v) is 2.66. The second-order valence-electron chi connectivity index (χ2n) is 1.94. The van der Waals surface area contributed by atoms with Crippen LogP contribution in [0.25, 0.3) is 0 Å². The minimum absolute atomic E-state index is 0.766. The van der Waals surface area contributed by atoms with E-state index in [1.807, 2.05) is 6.08 Å². The summed E-state index contributed by atoms with van der Waals surface area (Å²) in [4.78, 5) is 0. The largest absolute Gasteiger partial charge is 0.496 e. The van der Waals surface area contributed by atoms with E-state index in [4.69, 9.17) is 4.74 Å². The van der Waals surface area contributed by atoms with Gasteiger partial charge in [-0.3, -0.25) is 0 Å². The first-order valence-electron chi connectivity index (χ1n) is 2.66. The average Bonchev–Trinajstić information content (AvgIpc) is 2.15. The van der Waals surface area contributed by atoms with Crippen molar-refractivity contribution in [2.75, 3.05) is 6.61 Å². The number of rotatable bonds is 0. The molecule has 0 fully saturated rings. The van der Waals surface area contributed by atoms with Gasteiger partial charge in [0.2, 0.25) is 0 Å². The lowest BCUT2D eigenvalue weighted by molar-refractivity contribution is 0.301. The highest BCUT2D eigenvalue weighted by Crippen LogP contribution is 2.23. The molecule has 0 saturated heterocycles. The Bertz CT molecular complexity index is 196. The van der Waals surface area contributed by atoms with Crippen LogP contribution in [-0.2, 0) is 4.74 Å². The summed E-state index contributed by atoms with van der Waals surface area (Å²) >= 11 is 0. The average molecular weight is 106 g/mol. The quantitative estimate of drug-likeness (QED) is 0.453. The van der Waals surface area contributed by atoms with Crippen LogP contribution in [0.5, 0.6) is 0 Å². The molecule has 0 bridgehead atoms. The summed E-state index contributed by atoms with van der Waals surface area (Å²) in [6.07, 6.45) is 7.99. The van der Waals surface area contributed by atoms with Gasteiger partial charge in [0.05, 0.1) is 6.26 Å². The van der Waals surface area contributed by atoms with Gasteiger partial charge in [-0.2, -0.15) is 0 Å². The van der Waals surface area contributed by atoms with E-state index in [2.05, 4.69) is 12.2 Å². The highest BCUT2D eigenvalue weighted by Gasteiger charge is 2.11. The van der Waals surface area contributed by atoms with Crippen LogP contribution in [0.15, 0.2) is 35.6 Å². The summed E-state index contributed by atoms with van der Waals surface area (Å²) in [7, 11) is 0. The molecule has 8 heavy (non-hydrogen) atoms. The van der Waals surface area contributed by atoms with Crippen LogP contribution in [0.3, 0.4) is 0 Å². The molecule has 0 unspecified atom stereocenters. The smallest absolute Gasteiger partial charge is 0.113 e. The van der Waals surface area contributed by atoms with Gasteiger partial charge in [0.15, 0.2) is 0 Å². The summed E-state index contributed by atoms with van der Waals surface area (Å²) < 4.78 is 5.03. The molecule has 0 aromatic rings. The van der Waals surface area contributed by atoms with E-state index in [9.17, 15) is 0 Å². The second-order valence-corrected chi connectivity index (χ2v) is 1.94. The minimum Gasteiger partial charge on any atom is -0.496 e. The van der Waals surface area contributed by atoms with E-state index < -0.39 is 0 Å². The molecule has 1 heterocycles. The van der Waals surface area contributed by atoms with Gasteiger partial charge in [0.25, 0.3) is 0 Å². The third-order valence-corrected chi connectivity index (χ3v) is 1.39. The molecule has 1 aliphatic heterocycles. The van der Waals surface area contributed by atoms with Gasteiger partial charge in [-0.25, -0.2) is 0 Å². The summed E-state index contributed by atoms with van der Waals surface area (Å²) in [5, 5.41) is 0. The maximum absolute atomic E-state index is 5.03. The fourth-order valence-electron chi connectivity index (χ4n) is 0.939. The Morgan fingerprint density at radius 1 is 1.50 bits per heavy atom. The summed E-state index contributed by atoms with van der Waals surface area (Å²) in [6, 6.07) is 0. The predicted molar refractivity (Wildman–Crippen MR) is 31.3 cm³/mol. The van der Waals surface area contributed by atoms with Crippen LogP contribution in [0.2, 0.25) is 0 Å². The maximum atomic E-state index is 5.03. The first-order chi connectivity index (χ1) is 3.97. The van der Waals surface area contributed by atoms with Crippen molar-refractivity contribution in [1.82, 2.24) is 0 Å². The van der Waals surface area contributed by atoms with Crippen molar-refractivity contribution >= 4 is 0 Å². The molecular formula is C7H6O. The van der Waals surface area contributed by atoms with Crippen molar-refractivity contribution in [3.63, 3.8) is 0 Å². The third kappa shape index (κ3) is 0.360. The molecule has 0 aromatic heterocycles. The number of hydrogen-bond acceptors (Lipinski definition) is 1. The van der Waals surface area contributed by atoms with E-state index in [1.54, 1.807) is 6.26 Å². The van der Waals surface area contributed by atoms with Gasteiger partial charge in [-0.15, -0.1) is 0 Å². The van der Waals surface area contributed by atoms with E-state index in [0.717, 1.165) is 6.61 Å². The van der Waals surface area contributed by atoms with E-state index >= 15 is 0 Å². The predicted octanol–water partition coefficient (Wildman–Crippen LogP) is 1.40. The van der Waals surface area contributed by atoms with Gasteiger partial charge in [0.1, 0.15) is 6.61 Å². The molecule has 0 amide bonds. The van der Waals surface area contributed by atoms with Crippen LogP contribution in [0, 0.1) is 0 Å². The lowest BCUT2D eigenvalue weighted by atomic mass is 10.2. The Kier molecular flexibility index (Phi) is 0.618. The molecule has 2 rings (SSSR count). The molecule has 2 aliphatic rings. The standard InChI is InChI=1S/C7H6O/c1-2-6-4-8-5-7(6)3-1/h1-4H,5H2. The molecule has 0 radical (unpaired) electrons. The number of allylic oxidation sites excluding steroid dienone is 3. The number of hydrogen-bond donors (Lipinski definition) is 0. The zero-order chi connectivity index (χ0) is 5.40. The van der Waals surface area contributed by atoms with Crippen LogP contribution in [-0.4, -0.2) is 6.61 Å². The van der Waals surface area contributed by atoms with Gasteiger partial charge in [-0.05, 0) is 5.57 Å². The normalized spacial score (nSPS) is 22.0. The van der Waals surface area contributed by atoms with E-state index in [-0.39, 0.29) is 0 Å². The first kappa shape index (κ1) is 3.96. The molecule has 40 valence electrons. The molecule has 0 saturated carbocycles. The highest BCUT2D eigenvalue weighted by atomic mass is 16.5. The summed E-state index contributed by atoms with van der Waals surface area (Å²) in [5.41, 5.74) is 2.55. The number of ether oxygens (including phenoxy) is 1. The summed E-state index contributed by atoms with van der Waals surface area (Å²) in [6.45, 7) is 0.766. The highest BCUT2D eigenvalue weighted by molar-refractivity contribution is 5.49. The topological polar surface area (TPSA) is 9.23 Å². The minimum atomic E-state index is 0.766. The van der Waals surface area contributed by atoms with Crippen molar-refractivity contribution in [3.05, 3.63) is 35.6 Å². The van der Waals surface area contributed by atoms with Crippen molar-refractivity contribution in [1.29, 1.82) is 0 Å². The van der Waals surface area contributed by atoms with Crippen LogP contribution >= 0.6 is 0 Å². The fraction of sp³-hybridized carbons (Fsp3) is 0.143. The Morgan fingerprint density at radius 3 is 3.38 bits per heavy atom. The van der Waals surface area contributed by atoms with Crippen LogP contribution < -0.4 is 0 Å². The van der Waals surface area contributed by atoms with Crippen molar-refractivity contribution in [2.24, 2.45) is 0 Å². The molecule has 1 nitrogen and oxygen atoms in total. The molecule has 1 heteroatoms. The van der Waals surface area contributed by atoms with E-state index in [0.29, 0.717) is 0 Å². The molecule has 0 spiro atoms. The maximum Gasteiger partial charge on any atom is 0.113 e. The summed E-state index contributed by atoms with van der Waals surface area (Å²) in [5.74, 6) is 0. The molecule has 0 aromatic carbocycles.